The van der Waals surface area contributed by atoms with Crippen LogP contribution in [0.3, 0.4) is 0 Å². The lowest BCUT2D eigenvalue weighted by Crippen LogP contribution is -3.00. The van der Waals surface area contributed by atoms with E-state index in [2.05, 4.69) is 20.9 Å². The summed E-state index contributed by atoms with van der Waals surface area (Å²) in [5.74, 6) is 0. The Kier molecular flexibility index (Phi) is 18.5. The summed E-state index contributed by atoms with van der Waals surface area (Å²) in [6.07, 6.45) is 14.5. The van der Waals surface area contributed by atoms with E-state index in [4.69, 9.17) is 5.11 Å². The second kappa shape index (κ2) is 16.6. The Bertz CT molecular complexity index is 202. The number of nitrogens with zero attached hydrogens (tertiary/aromatic N) is 1. The molecule has 0 spiro atoms. The van der Waals surface area contributed by atoms with Crippen LogP contribution < -0.4 is 12.4 Å². The molecule has 1 N–H and O–H groups in total. The van der Waals surface area contributed by atoms with Gasteiger partial charge in [0, 0.05) is 6.61 Å². The molecule has 0 saturated carbocycles. The highest BCUT2D eigenvalue weighted by molar-refractivity contribution is 4.48. The van der Waals surface area contributed by atoms with Crippen LogP contribution in [0.5, 0.6) is 0 Å². The fourth-order valence-corrected chi connectivity index (χ4v) is 2.96. The van der Waals surface area contributed by atoms with Crippen LogP contribution in [0.2, 0.25) is 0 Å². The molecule has 0 amide bonds. The fraction of sp³-hybridized carbons (Fsp3) is 1.00. The van der Waals surface area contributed by atoms with Crippen molar-refractivity contribution < 1.29 is 22.0 Å². The molecule has 0 radical (unpaired) electrons. The lowest BCUT2D eigenvalue weighted by Gasteiger charge is -2.35. The van der Waals surface area contributed by atoms with E-state index in [0.29, 0.717) is 6.61 Å². The van der Waals surface area contributed by atoms with Gasteiger partial charge in [0.2, 0.25) is 0 Å². The largest absolute Gasteiger partial charge is 1.00 e. The van der Waals surface area contributed by atoms with Crippen LogP contribution >= 0.6 is 0 Å². The first kappa shape index (κ1) is 23.5. The van der Waals surface area contributed by atoms with Crippen molar-refractivity contribution >= 4 is 0 Å². The first-order chi connectivity index (χ1) is 9.68. The van der Waals surface area contributed by atoms with Gasteiger partial charge in [-0.3, -0.25) is 0 Å². The minimum atomic E-state index is 0. The van der Waals surface area contributed by atoms with E-state index in [1.54, 1.807) is 0 Å². The van der Waals surface area contributed by atoms with Gasteiger partial charge >= 0.3 is 0 Å². The number of halogens is 1. The predicted molar refractivity (Wildman–Crippen MR) is 90.0 cm³/mol. The van der Waals surface area contributed by atoms with Crippen molar-refractivity contribution in [3.8, 4) is 0 Å². The van der Waals surface area contributed by atoms with Crippen LogP contribution in [-0.2, 0) is 0 Å². The second-order valence-electron chi connectivity index (χ2n) is 6.70. The molecule has 1 unspecified atom stereocenters. The molecule has 21 heavy (non-hydrogen) atoms. The normalized spacial score (nSPS) is 13.7. The van der Waals surface area contributed by atoms with E-state index in [-0.39, 0.29) is 12.4 Å². The first-order valence-corrected chi connectivity index (χ1v) is 9.13. The summed E-state index contributed by atoms with van der Waals surface area (Å²) in [7, 11) is 2.43. The van der Waals surface area contributed by atoms with Gasteiger partial charge in [0.05, 0.1) is 26.7 Å². The van der Waals surface area contributed by atoms with E-state index < -0.39 is 0 Å². The number of rotatable bonds is 15. The third-order valence-corrected chi connectivity index (χ3v) is 4.46. The van der Waals surface area contributed by atoms with Gasteiger partial charge in [-0.1, -0.05) is 46.0 Å². The Morgan fingerprint density at radius 1 is 0.619 bits per heavy atom. The maximum absolute atomic E-state index is 8.98. The van der Waals surface area contributed by atoms with E-state index in [1.807, 2.05) is 0 Å². The lowest BCUT2D eigenvalue weighted by molar-refractivity contribution is -0.910. The number of aliphatic hydroxyl groups is 1. The third-order valence-electron chi connectivity index (χ3n) is 4.46. The van der Waals surface area contributed by atoms with Crippen molar-refractivity contribution in [1.29, 1.82) is 0 Å². The summed E-state index contributed by atoms with van der Waals surface area (Å²) in [6.45, 7) is 8.83. The minimum Gasteiger partial charge on any atom is -1.00 e. The van der Waals surface area contributed by atoms with E-state index in [1.165, 1.54) is 88.3 Å². The maximum Gasteiger partial charge on any atom is 0.0785 e. The van der Waals surface area contributed by atoms with Crippen molar-refractivity contribution in [3.63, 3.8) is 0 Å². The molecule has 0 aliphatic rings. The van der Waals surface area contributed by atoms with Crippen LogP contribution in [0.1, 0.15) is 84.5 Å². The number of hydrogen-bond donors (Lipinski definition) is 1. The standard InChI is InChI=1S/C18H40NO.ClH/c1-4-6-8-10-12-16-19(3,17-13-14-18-20)15-11-9-7-5-2;/h20H,4-18H2,1-3H3;1H/q+1;/p-1. The monoisotopic (exact) mass is 321 g/mol. The van der Waals surface area contributed by atoms with Crippen molar-refractivity contribution in [2.45, 2.75) is 84.5 Å². The van der Waals surface area contributed by atoms with Crippen molar-refractivity contribution in [1.82, 2.24) is 0 Å². The molecule has 1 atom stereocenters. The molecule has 0 bridgehead atoms. The number of quaternary nitrogens is 1. The lowest BCUT2D eigenvalue weighted by atomic mass is 10.1. The van der Waals surface area contributed by atoms with Gasteiger partial charge in [0.1, 0.15) is 0 Å². The Balaban J connectivity index is 0. The summed E-state index contributed by atoms with van der Waals surface area (Å²) < 4.78 is 1.23. The second-order valence-corrected chi connectivity index (χ2v) is 6.70. The zero-order valence-corrected chi connectivity index (χ0v) is 15.6. The Labute approximate surface area is 140 Å². The molecular formula is C18H40ClNO. The van der Waals surface area contributed by atoms with Gasteiger partial charge < -0.3 is 22.0 Å². The molecule has 0 aromatic rings. The molecule has 2 nitrogen and oxygen atoms in total. The average Bonchev–Trinajstić information content (AvgIpc) is 2.44. The molecule has 0 aliphatic heterocycles. The summed E-state index contributed by atoms with van der Waals surface area (Å²) >= 11 is 0. The molecule has 0 aromatic heterocycles. The van der Waals surface area contributed by atoms with Gasteiger partial charge in [-0.2, -0.15) is 0 Å². The van der Waals surface area contributed by atoms with Crippen LogP contribution in [-0.4, -0.2) is 42.9 Å². The highest BCUT2D eigenvalue weighted by atomic mass is 35.5. The number of aliphatic hydroxyl groups excluding tert-OH is 1. The molecule has 130 valence electrons. The SMILES string of the molecule is CCCCCCC[N+](C)(CCCCO)CCCCCC.[Cl-]. The summed E-state index contributed by atoms with van der Waals surface area (Å²) in [5.41, 5.74) is 0. The van der Waals surface area contributed by atoms with Crippen LogP contribution in [0, 0.1) is 0 Å². The first-order valence-electron chi connectivity index (χ1n) is 9.13. The molecule has 0 aliphatic carbocycles. The van der Waals surface area contributed by atoms with E-state index in [0.717, 1.165) is 6.42 Å². The minimum absolute atomic E-state index is 0. The average molecular weight is 322 g/mol. The van der Waals surface area contributed by atoms with Crippen molar-refractivity contribution in [2.24, 2.45) is 0 Å². The van der Waals surface area contributed by atoms with Crippen LogP contribution in [0.4, 0.5) is 0 Å². The third kappa shape index (κ3) is 14.9. The molecule has 0 rings (SSSR count). The van der Waals surface area contributed by atoms with Gasteiger partial charge in [0.15, 0.2) is 0 Å². The molecule has 0 aromatic carbocycles. The smallest absolute Gasteiger partial charge is 0.0785 e. The fourth-order valence-electron chi connectivity index (χ4n) is 2.96. The molecular weight excluding hydrogens is 282 g/mol. The number of hydrogen-bond acceptors (Lipinski definition) is 1. The number of unbranched alkanes of at least 4 members (excludes halogenated alkanes) is 8. The molecule has 0 fully saturated rings. The Hall–Kier alpha value is 0.210. The van der Waals surface area contributed by atoms with Crippen molar-refractivity contribution in [3.05, 3.63) is 0 Å². The van der Waals surface area contributed by atoms with E-state index in [9.17, 15) is 0 Å². The Morgan fingerprint density at radius 3 is 1.43 bits per heavy atom. The van der Waals surface area contributed by atoms with Crippen LogP contribution in [0.25, 0.3) is 0 Å². The van der Waals surface area contributed by atoms with Gasteiger partial charge in [-0.05, 0) is 38.5 Å². The highest BCUT2D eigenvalue weighted by Gasteiger charge is 2.19. The van der Waals surface area contributed by atoms with Gasteiger partial charge in [-0.25, -0.2) is 0 Å². The molecule has 0 saturated heterocycles. The zero-order chi connectivity index (χ0) is 15.1. The quantitative estimate of drug-likeness (QED) is 0.360. The summed E-state index contributed by atoms with van der Waals surface area (Å²) in [4.78, 5) is 0. The maximum atomic E-state index is 8.98. The summed E-state index contributed by atoms with van der Waals surface area (Å²) in [6, 6.07) is 0. The zero-order valence-electron chi connectivity index (χ0n) is 14.9. The van der Waals surface area contributed by atoms with Gasteiger partial charge in [-0.15, -0.1) is 0 Å². The molecule has 0 heterocycles. The predicted octanol–water partition coefficient (Wildman–Crippen LogP) is 1.76. The highest BCUT2D eigenvalue weighted by Crippen LogP contribution is 2.14. The van der Waals surface area contributed by atoms with Crippen LogP contribution in [0.15, 0.2) is 0 Å². The Morgan fingerprint density at radius 2 is 1.00 bits per heavy atom. The summed E-state index contributed by atoms with van der Waals surface area (Å²) in [5, 5.41) is 8.98. The topological polar surface area (TPSA) is 20.2 Å². The van der Waals surface area contributed by atoms with E-state index >= 15 is 0 Å². The van der Waals surface area contributed by atoms with Crippen molar-refractivity contribution in [2.75, 3.05) is 33.3 Å². The van der Waals surface area contributed by atoms with Gasteiger partial charge in [0.25, 0.3) is 0 Å². The molecule has 3 heteroatoms.